The van der Waals surface area contributed by atoms with Gasteiger partial charge in [-0.15, -0.1) is 0 Å². The third-order valence-corrected chi connectivity index (χ3v) is 4.95. The highest BCUT2D eigenvalue weighted by Gasteiger charge is 2.39. The van der Waals surface area contributed by atoms with Gasteiger partial charge in [-0.05, 0) is 49.7 Å². The molecule has 1 heterocycles. The van der Waals surface area contributed by atoms with E-state index in [1.165, 1.54) is 25.7 Å². The molecule has 4 heteroatoms. The Kier molecular flexibility index (Phi) is 4.14. The van der Waals surface area contributed by atoms with Gasteiger partial charge < -0.3 is 10.4 Å². The maximum atomic E-state index is 11.4. The first-order chi connectivity index (χ1) is 7.73. The molecule has 0 aromatic heterocycles. The molecule has 0 radical (unpaired) electrons. The lowest BCUT2D eigenvalue weighted by Crippen LogP contribution is -2.55. The van der Waals surface area contributed by atoms with Gasteiger partial charge in [0, 0.05) is 0 Å². The molecule has 2 N–H and O–H groups in total. The summed E-state index contributed by atoms with van der Waals surface area (Å²) in [6, 6.07) is 0. The molecule has 1 saturated heterocycles. The van der Waals surface area contributed by atoms with E-state index in [4.69, 9.17) is 0 Å². The summed E-state index contributed by atoms with van der Waals surface area (Å²) in [5.74, 6) is 2.02. The summed E-state index contributed by atoms with van der Waals surface area (Å²) in [7, 11) is 0. The second-order valence-corrected chi connectivity index (χ2v) is 6.26. The molecule has 0 bridgehead atoms. The van der Waals surface area contributed by atoms with Gasteiger partial charge in [-0.1, -0.05) is 12.8 Å². The Bertz CT molecular complexity index is 245. The molecular weight excluding hydrogens is 222 g/mol. The van der Waals surface area contributed by atoms with E-state index in [0.29, 0.717) is 5.92 Å². The van der Waals surface area contributed by atoms with Gasteiger partial charge in [-0.2, -0.15) is 11.8 Å². The Balaban J connectivity index is 1.88. The first-order valence-electron chi connectivity index (χ1n) is 6.29. The van der Waals surface area contributed by atoms with Crippen molar-refractivity contribution in [1.29, 1.82) is 0 Å². The van der Waals surface area contributed by atoms with E-state index in [2.05, 4.69) is 5.32 Å². The largest absolute Gasteiger partial charge is 0.480 e. The minimum Gasteiger partial charge on any atom is -0.480 e. The standard InChI is InChI=1S/C12H21NO2S/c14-11(15)12(5-7-16-8-6-12)13-9-10-3-1-2-4-10/h10,13H,1-9H2,(H,14,15). The summed E-state index contributed by atoms with van der Waals surface area (Å²) >= 11 is 1.87. The molecular formula is C12H21NO2S. The number of carbonyl (C=O) groups is 1. The van der Waals surface area contributed by atoms with Crippen LogP contribution in [0.25, 0.3) is 0 Å². The lowest BCUT2D eigenvalue weighted by atomic mass is 9.91. The maximum absolute atomic E-state index is 11.4. The molecule has 0 aromatic carbocycles. The van der Waals surface area contributed by atoms with E-state index >= 15 is 0 Å². The van der Waals surface area contributed by atoms with E-state index in [-0.39, 0.29) is 0 Å². The molecule has 1 aliphatic carbocycles. The zero-order valence-electron chi connectivity index (χ0n) is 9.71. The van der Waals surface area contributed by atoms with Crippen LogP contribution in [0.4, 0.5) is 0 Å². The van der Waals surface area contributed by atoms with Gasteiger partial charge in [0.1, 0.15) is 5.54 Å². The SMILES string of the molecule is O=C(O)C1(NCC2CCCC2)CCSCC1. The van der Waals surface area contributed by atoms with E-state index in [0.717, 1.165) is 30.9 Å². The fourth-order valence-corrected chi connectivity index (χ4v) is 3.93. The Morgan fingerprint density at radius 1 is 1.31 bits per heavy atom. The first kappa shape index (κ1) is 12.2. The molecule has 0 amide bonds. The van der Waals surface area contributed by atoms with Crippen LogP contribution in [0.3, 0.4) is 0 Å². The van der Waals surface area contributed by atoms with E-state index in [1.54, 1.807) is 0 Å². The highest BCUT2D eigenvalue weighted by molar-refractivity contribution is 7.99. The molecule has 2 aliphatic rings. The molecule has 0 spiro atoms. The lowest BCUT2D eigenvalue weighted by molar-refractivity contribution is -0.145. The second-order valence-electron chi connectivity index (χ2n) is 5.03. The Morgan fingerprint density at radius 3 is 2.50 bits per heavy atom. The minimum absolute atomic E-state index is 0.617. The number of carboxylic acid groups (broad SMARTS) is 1. The summed E-state index contributed by atoms with van der Waals surface area (Å²) in [4.78, 5) is 11.4. The molecule has 1 aliphatic heterocycles. The highest BCUT2D eigenvalue weighted by Crippen LogP contribution is 2.29. The summed E-state index contributed by atoms with van der Waals surface area (Å²) in [6.45, 7) is 0.900. The minimum atomic E-state index is -0.647. The van der Waals surface area contributed by atoms with E-state index < -0.39 is 11.5 Å². The number of carboxylic acids is 1. The predicted octanol–water partition coefficient (Wildman–Crippen LogP) is 2.12. The quantitative estimate of drug-likeness (QED) is 0.794. The summed E-state index contributed by atoms with van der Waals surface area (Å²) in [6.07, 6.45) is 6.75. The molecule has 0 atom stereocenters. The van der Waals surface area contributed by atoms with Gasteiger partial charge in [0.05, 0.1) is 0 Å². The van der Waals surface area contributed by atoms with Crippen LogP contribution in [0.2, 0.25) is 0 Å². The Labute approximate surface area is 101 Å². The molecule has 1 saturated carbocycles. The normalized spacial score (nSPS) is 25.8. The van der Waals surface area contributed by atoms with Gasteiger partial charge in [-0.25, -0.2) is 0 Å². The maximum Gasteiger partial charge on any atom is 0.323 e. The highest BCUT2D eigenvalue weighted by atomic mass is 32.2. The van der Waals surface area contributed by atoms with Gasteiger partial charge in [0.2, 0.25) is 0 Å². The van der Waals surface area contributed by atoms with Crippen LogP contribution in [-0.2, 0) is 4.79 Å². The van der Waals surface area contributed by atoms with Gasteiger partial charge in [0.15, 0.2) is 0 Å². The van der Waals surface area contributed by atoms with Crippen LogP contribution in [0.15, 0.2) is 0 Å². The van der Waals surface area contributed by atoms with Crippen LogP contribution in [0.5, 0.6) is 0 Å². The number of nitrogens with one attached hydrogen (secondary N) is 1. The van der Waals surface area contributed by atoms with Crippen molar-refractivity contribution in [3.63, 3.8) is 0 Å². The predicted molar refractivity (Wildman–Crippen MR) is 66.9 cm³/mol. The van der Waals surface area contributed by atoms with Crippen molar-refractivity contribution in [3.8, 4) is 0 Å². The van der Waals surface area contributed by atoms with Gasteiger partial charge in [0.25, 0.3) is 0 Å². The van der Waals surface area contributed by atoms with Crippen LogP contribution in [-0.4, -0.2) is 34.7 Å². The molecule has 0 aromatic rings. The number of aliphatic carboxylic acids is 1. The lowest BCUT2D eigenvalue weighted by Gasteiger charge is -2.34. The Hall–Kier alpha value is -0.220. The van der Waals surface area contributed by atoms with Crippen molar-refractivity contribution >= 4 is 17.7 Å². The molecule has 2 rings (SSSR count). The average molecular weight is 243 g/mol. The third-order valence-electron chi connectivity index (χ3n) is 3.96. The van der Waals surface area contributed by atoms with Crippen molar-refractivity contribution in [2.45, 2.75) is 44.1 Å². The van der Waals surface area contributed by atoms with Crippen molar-refractivity contribution < 1.29 is 9.90 Å². The second kappa shape index (κ2) is 5.41. The fourth-order valence-electron chi connectivity index (χ4n) is 2.74. The van der Waals surface area contributed by atoms with Gasteiger partial charge >= 0.3 is 5.97 Å². The summed E-state index contributed by atoms with van der Waals surface area (Å²) < 4.78 is 0. The molecule has 92 valence electrons. The summed E-state index contributed by atoms with van der Waals surface area (Å²) in [5, 5.41) is 12.8. The summed E-state index contributed by atoms with van der Waals surface area (Å²) in [5.41, 5.74) is -0.617. The smallest absolute Gasteiger partial charge is 0.323 e. The van der Waals surface area contributed by atoms with Crippen LogP contribution >= 0.6 is 11.8 Å². The Morgan fingerprint density at radius 2 is 1.94 bits per heavy atom. The average Bonchev–Trinajstić information content (AvgIpc) is 2.80. The zero-order valence-corrected chi connectivity index (χ0v) is 10.5. The van der Waals surface area contributed by atoms with Crippen molar-refractivity contribution in [2.24, 2.45) is 5.92 Å². The number of thioether (sulfide) groups is 1. The topological polar surface area (TPSA) is 49.3 Å². The van der Waals surface area contributed by atoms with Crippen LogP contribution in [0.1, 0.15) is 38.5 Å². The van der Waals surface area contributed by atoms with Crippen LogP contribution < -0.4 is 5.32 Å². The molecule has 3 nitrogen and oxygen atoms in total. The van der Waals surface area contributed by atoms with Crippen molar-refractivity contribution in [1.82, 2.24) is 5.32 Å². The number of hydrogen-bond donors (Lipinski definition) is 2. The van der Waals surface area contributed by atoms with Crippen molar-refractivity contribution in [3.05, 3.63) is 0 Å². The van der Waals surface area contributed by atoms with Crippen molar-refractivity contribution in [2.75, 3.05) is 18.1 Å². The van der Waals surface area contributed by atoms with Gasteiger partial charge in [-0.3, -0.25) is 4.79 Å². The molecule has 0 unspecified atom stereocenters. The molecule has 2 fully saturated rings. The third kappa shape index (κ3) is 2.72. The fraction of sp³-hybridized carbons (Fsp3) is 0.917. The number of hydrogen-bond acceptors (Lipinski definition) is 3. The van der Waals surface area contributed by atoms with Crippen LogP contribution in [0, 0.1) is 5.92 Å². The first-order valence-corrected chi connectivity index (χ1v) is 7.45. The zero-order chi connectivity index (χ0) is 11.4. The molecule has 16 heavy (non-hydrogen) atoms. The van der Waals surface area contributed by atoms with E-state index in [1.807, 2.05) is 11.8 Å². The van der Waals surface area contributed by atoms with E-state index in [9.17, 15) is 9.90 Å². The number of rotatable bonds is 4. The monoisotopic (exact) mass is 243 g/mol.